The quantitative estimate of drug-likeness (QED) is 0.686. The molecule has 4 nitrogen and oxygen atoms in total. The molecule has 0 aromatic heterocycles. The lowest BCUT2D eigenvalue weighted by Crippen LogP contribution is -2.38. The number of rotatable bonds is 4. The first-order valence-electron chi connectivity index (χ1n) is 3.08. The summed E-state index contributed by atoms with van der Waals surface area (Å²) in [5.41, 5.74) is 0. The topological polar surface area (TPSA) is 63.2 Å². The molecule has 0 fully saturated rings. The molecular formula is C6H7Cl2NO3. The van der Waals surface area contributed by atoms with Gasteiger partial charge in [0, 0.05) is 6.92 Å². The van der Waals surface area contributed by atoms with Crippen LogP contribution in [-0.4, -0.2) is 22.4 Å². The molecule has 0 aliphatic heterocycles. The van der Waals surface area contributed by atoms with Gasteiger partial charge in [-0.2, -0.15) is 0 Å². The zero-order valence-corrected chi connectivity index (χ0v) is 7.78. The highest BCUT2D eigenvalue weighted by atomic mass is 35.5. The summed E-state index contributed by atoms with van der Waals surface area (Å²) in [6, 6.07) is -1.02. The van der Waals surface area contributed by atoms with Crippen molar-refractivity contribution in [3.05, 3.63) is 0 Å². The maximum absolute atomic E-state index is 10.6. The van der Waals surface area contributed by atoms with Crippen LogP contribution in [0.2, 0.25) is 0 Å². The molecule has 0 heterocycles. The first-order chi connectivity index (χ1) is 5.43. The SMILES string of the molecule is CC(=O)N[C@@H](CC(=O)Cl)C(=O)Cl. The van der Waals surface area contributed by atoms with Crippen molar-refractivity contribution in [2.24, 2.45) is 0 Å². The normalized spacial score (nSPS) is 11.9. The molecule has 0 saturated heterocycles. The van der Waals surface area contributed by atoms with Crippen molar-refractivity contribution in [1.29, 1.82) is 0 Å². The zero-order valence-electron chi connectivity index (χ0n) is 6.27. The second-order valence-corrected chi connectivity index (χ2v) is 2.91. The van der Waals surface area contributed by atoms with Gasteiger partial charge in [-0.3, -0.25) is 14.4 Å². The highest BCUT2D eigenvalue weighted by Crippen LogP contribution is 2.00. The Balaban J connectivity index is 4.14. The Hall–Kier alpha value is -0.610. The van der Waals surface area contributed by atoms with Gasteiger partial charge in [-0.1, -0.05) is 0 Å². The molecule has 6 heteroatoms. The highest BCUT2D eigenvalue weighted by Gasteiger charge is 2.19. The Morgan fingerprint density at radius 1 is 1.33 bits per heavy atom. The molecule has 0 saturated carbocycles. The number of hydrogen-bond acceptors (Lipinski definition) is 3. The Kier molecular flexibility index (Phi) is 4.85. The molecule has 68 valence electrons. The van der Waals surface area contributed by atoms with Crippen LogP contribution in [0.1, 0.15) is 13.3 Å². The summed E-state index contributed by atoms with van der Waals surface area (Å²) in [4.78, 5) is 31.4. The van der Waals surface area contributed by atoms with Crippen LogP contribution in [0.3, 0.4) is 0 Å². The zero-order chi connectivity index (χ0) is 9.72. The molecule has 0 unspecified atom stereocenters. The summed E-state index contributed by atoms with van der Waals surface area (Å²) >= 11 is 10.1. The Morgan fingerprint density at radius 3 is 2.08 bits per heavy atom. The van der Waals surface area contributed by atoms with Crippen molar-refractivity contribution in [1.82, 2.24) is 5.32 Å². The number of halogens is 2. The molecule has 0 rings (SSSR count). The first-order valence-corrected chi connectivity index (χ1v) is 3.84. The Morgan fingerprint density at radius 2 is 1.83 bits per heavy atom. The molecule has 1 N–H and O–H groups in total. The number of hydrogen-bond donors (Lipinski definition) is 1. The molecular weight excluding hydrogens is 205 g/mol. The lowest BCUT2D eigenvalue weighted by atomic mass is 10.2. The Labute approximate surface area is 79.2 Å². The summed E-state index contributed by atoms with van der Waals surface area (Å²) in [5, 5.41) is 0.659. The van der Waals surface area contributed by atoms with E-state index in [0.717, 1.165) is 0 Å². The standard InChI is InChI=1S/C6H7Cl2NO3/c1-3(10)9-4(6(8)12)2-5(7)11/h4H,2H2,1H3,(H,9,10)/t4-/m0/s1. The van der Waals surface area contributed by atoms with Gasteiger partial charge in [0.2, 0.25) is 16.4 Å². The van der Waals surface area contributed by atoms with Crippen molar-refractivity contribution >= 4 is 39.6 Å². The van der Waals surface area contributed by atoms with Crippen LogP contribution < -0.4 is 5.32 Å². The summed E-state index contributed by atoms with van der Waals surface area (Å²) in [6.07, 6.45) is -0.288. The van der Waals surface area contributed by atoms with Crippen LogP contribution in [0.15, 0.2) is 0 Å². The van der Waals surface area contributed by atoms with Crippen LogP contribution in [-0.2, 0) is 14.4 Å². The number of nitrogens with one attached hydrogen (secondary N) is 1. The number of carbonyl (C=O) groups is 3. The molecule has 0 spiro atoms. The van der Waals surface area contributed by atoms with E-state index in [1.54, 1.807) is 0 Å². The average molecular weight is 212 g/mol. The second-order valence-electron chi connectivity index (χ2n) is 2.12. The minimum Gasteiger partial charge on any atom is -0.345 e. The van der Waals surface area contributed by atoms with Gasteiger partial charge >= 0.3 is 0 Å². The predicted octanol–water partition coefficient (Wildman–Crippen LogP) is 0.412. The average Bonchev–Trinajstić information content (AvgIpc) is 1.83. The van der Waals surface area contributed by atoms with Gasteiger partial charge in [0.05, 0.1) is 6.42 Å². The van der Waals surface area contributed by atoms with E-state index in [-0.39, 0.29) is 6.42 Å². The van der Waals surface area contributed by atoms with Crippen LogP contribution >= 0.6 is 23.2 Å². The molecule has 0 radical (unpaired) electrons. The predicted molar refractivity (Wildman–Crippen MR) is 43.9 cm³/mol. The van der Waals surface area contributed by atoms with Gasteiger partial charge in [-0.15, -0.1) is 0 Å². The minimum atomic E-state index is -1.02. The largest absolute Gasteiger partial charge is 0.345 e. The third kappa shape index (κ3) is 5.09. The molecule has 0 bridgehead atoms. The van der Waals surface area contributed by atoms with Gasteiger partial charge in [0.15, 0.2) is 0 Å². The monoisotopic (exact) mass is 211 g/mol. The van der Waals surface area contributed by atoms with Crippen molar-refractivity contribution in [3.8, 4) is 0 Å². The van der Waals surface area contributed by atoms with Gasteiger partial charge in [-0.05, 0) is 23.2 Å². The fourth-order valence-corrected chi connectivity index (χ4v) is 0.880. The first kappa shape index (κ1) is 11.4. The molecule has 1 atom stereocenters. The highest BCUT2D eigenvalue weighted by molar-refractivity contribution is 6.67. The summed E-state index contributed by atoms with van der Waals surface area (Å²) in [7, 11) is 0. The van der Waals surface area contributed by atoms with Crippen molar-refractivity contribution < 1.29 is 14.4 Å². The van der Waals surface area contributed by atoms with E-state index in [2.05, 4.69) is 5.32 Å². The molecule has 0 aliphatic rings. The molecule has 12 heavy (non-hydrogen) atoms. The van der Waals surface area contributed by atoms with Crippen LogP contribution in [0.25, 0.3) is 0 Å². The fraction of sp³-hybridized carbons (Fsp3) is 0.500. The van der Waals surface area contributed by atoms with Crippen molar-refractivity contribution in [2.75, 3.05) is 0 Å². The lowest BCUT2D eigenvalue weighted by molar-refractivity contribution is -0.124. The molecule has 0 aromatic rings. The van der Waals surface area contributed by atoms with E-state index in [0.29, 0.717) is 0 Å². The lowest BCUT2D eigenvalue weighted by Gasteiger charge is -2.09. The Bertz CT molecular complexity index is 201. The van der Waals surface area contributed by atoms with Gasteiger partial charge in [-0.25, -0.2) is 0 Å². The molecule has 1 amide bonds. The minimum absolute atomic E-state index is 0.288. The van der Waals surface area contributed by atoms with Gasteiger partial charge in [0.25, 0.3) is 0 Å². The van der Waals surface area contributed by atoms with Crippen molar-refractivity contribution in [2.45, 2.75) is 19.4 Å². The number of carbonyl (C=O) groups excluding carboxylic acids is 3. The van der Waals surface area contributed by atoms with E-state index in [9.17, 15) is 14.4 Å². The summed E-state index contributed by atoms with van der Waals surface area (Å²) in [6.45, 7) is 1.21. The van der Waals surface area contributed by atoms with Crippen LogP contribution in [0, 0.1) is 0 Å². The van der Waals surface area contributed by atoms with E-state index in [1.165, 1.54) is 6.92 Å². The van der Waals surface area contributed by atoms with Crippen molar-refractivity contribution in [3.63, 3.8) is 0 Å². The van der Waals surface area contributed by atoms with E-state index >= 15 is 0 Å². The second kappa shape index (κ2) is 5.11. The van der Waals surface area contributed by atoms with Crippen LogP contribution in [0.5, 0.6) is 0 Å². The van der Waals surface area contributed by atoms with Gasteiger partial charge in [0.1, 0.15) is 6.04 Å². The third-order valence-electron chi connectivity index (χ3n) is 1.02. The van der Waals surface area contributed by atoms with E-state index in [1.807, 2.05) is 0 Å². The van der Waals surface area contributed by atoms with E-state index < -0.39 is 22.4 Å². The molecule has 0 aromatic carbocycles. The smallest absolute Gasteiger partial charge is 0.244 e. The third-order valence-corrected chi connectivity index (χ3v) is 1.43. The van der Waals surface area contributed by atoms with E-state index in [4.69, 9.17) is 23.2 Å². The maximum Gasteiger partial charge on any atom is 0.244 e. The molecule has 0 aliphatic carbocycles. The maximum atomic E-state index is 10.6. The summed E-state index contributed by atoms with van der Waals surface area (Å²) < 4.78 is 0. The van der Waals surface area contributed by atoms with Crippen LogP contribution in [0.4, 0.5) is 0 Å². The fourth-order valence-electron chi connectivity index (χ4n) is 0.594. The summed E-state index contributed by atoms with van der Waals surface area (Å²) in [5.74, 6) is -0.438. The van der Waals surface area contributed by atoms with Gasteiger partial charge < -0.3 is 5.32 Å². The number of amides is 1.